The number of aromatic nitrogens is 3. The summed E-state index contributed by atoms with van der Waals surface area (Å²) in [7, 11) is 1.87. The molecule has 19 heavy (non-hydrogen) atoms. The predicted molar refractivity (Wildman–Crippen MR) is 67.9 cm³/mol. The van der Waals surface area contributed by atoms with Crippen molar-refractivity contribution in [1.29, 1.82) is 0 Å². The van der Waals surface area contributed by atoms with Crippen LogP contribution in [0.5, 0.6) is 0 Å². The van der Waals surface area contributed by atoms with E-state index in [1.54, 1.807) is 4.68 Å². The van der Waals surface area contributed by atoms with Crippen molar-refractivity contribution in [3.63, 3.8) is 0 Å². The van der Waals surface area contributed by atoms with Crippen molar-refractivity contribution in [3.8, 4) is 11.3 Å². The van der Waals surface area contributed by atoms with Crippen molar-refractivity contribution in [2.75, 3.05) is 0 Å². The zero-order chi connectivity index (χ0) is 13.6. The maximum atomic E-state index is 10.8. The molecule has 1 N–H and O–H groups in total. The third-order valence-electron chi connectivity index (χ3n) is 3.05. The van der Waals surface area contributed by atoms with Crippen molar-refractivity contribution >= 4 is 16.9 Å². The van der Waals surface area contributed by atoms with Gasteiger partial charge >= 0.3 is 5.97 Å². The van der Waals surface area contributed by atoms with E-state index in [-0.39, 0.29) is 5.76 Å². The first-order valence-electron chi connectivity index (χ1n) is 5.70. The van der Waals surface area contributed by atoms with Gasteiger partial charge in [-0.05, 0) is 13.0 Å². The van der Waals surface area contributed by atoms with E-state index < -0.39 is 5.97 Å². The Balaban J connectivity index is 2.27. The summed E-state index contributed by atoms with van der Waals surface area (Å²) in [5.74, 6) is -1.30. The second kappa shape index (κ2) is 3.94. The second-order valence-electron chi connectivity index (χ2n) is 4.29. The fourth-order valence-corrected chi connectivity index (χ4v) is 2.24. The van der Waals surface area contributed by atoms with Gasteiger partial charge in [0.05, 0.1) is 11.2 Å². The van der Waals surface area contributed by atoms with E-state index in [1.807, 2.05) is 32.2 Å². The van der Waals surface area contributed by atoms with Crippen molar-refractivity contribution in [2.45, 2.75) is 6.92 Å². The van der Waals surface area contributed by atoms with E-state index in [1.165, 1.54) is 6.07 Å². The Labute approximate surface area is 108 Å². The van der Waals surface area contributed by atoms with Crippen molar-refractivity contribution in [3.05, 3.63) is 35.7 Å². The van der Waals surface area contributed by atoms with Crippen LogP contribution >= 0.6 is 0 Å². The lowest BCUT2D eigenvalue weighted by molar-refractivity contribution is 0.0652. The minimum atomic E-state index is -1.13. The molecule has 0 aliphatic rings. The molecule has 0 fully saturated rings. The summed E-state index contributed by atoms with van der Waals surface area (Å²) in [4.78, 5) is 10.8. The van der Waals surface area contributed by atoms with E-state index in [4.69, 9.17) is 9.63 Å². The van der Waals surface area contributed by atoms with E-state index in [0.29, 0.717) is 5.69 Å². The number of fused-ring (bicyclic) bond motifs is 1. The van der Waals surface area contributed by atoms with Crippen LogP contribution in [0.1, 0.15) is 16.2 Å². The number of aromatic carboxylic acids is 1. The molecule has 6 nitrogen and oxygen atoms in total. The van der Waals surface area contributed by atoms with E-state index >= 15 is 0 Å². The molecule has 2 aromatic heterocycles. The maximum absolute atomic E-state index is 10.8. The number of benzene rings is 1. The van der Waals surface area contributed by atoms with Crippen molar-refractivity contribution in [2.24, 2.45) is 7.05 Å². The van der Waals surface area contributed by atoms with Gasteiger partial charge in [-0.2, -0.15) is 5.10 Å². The molecule has 0 saturated carbocycles. The number of rotatable bonds is 2. The standard InChI is InChI=1S/C13H11N3O3/c1-7-12-8(4-3-5-10(12)16(2)14-7)9-6-11(13(17)18)19-15-9/h3-6H,1-2H3,(H,17,18). The zero-order valence-corrected chi connectivity index (χ0v) is 10.4. The lowest BCUT2D eigenvalue weighted by Crippen LogP contribution is -1.91. The number of hydrogen-bond donors (Lipinski definition) is 1. The molecule has 3 aromatic rings. The quantitative estimate of drug-likeness (QED) is 0.761. The number of nitrogens with zero attached hydrogens (tertiary/aromatic N) is 3. The van der Waals surface area contributed by atoms with E-state index in [2.05, 4.69) is 10.3 Å². The summed E-state index contributed by atoms with van der Waals surface area (Å²) >= 11 is 0. The van der Waals surface area contributed by atoms with Gasteiger partial charge in [-0.25, -0.2) is 4.79 Å². The number of carboxylic acid groups (broad SMARTS) is 1. The van der Waals surface area contributed by atoms with Crippen LogP contribution in [0.2, 0.25) is 0 Å². The van der Waals surface area contributed by atoms with E-state index in [0.717, 1.165) is 22.2 Å². The Morgan fingerprint density at radius 2 is 2.21 bits per heavy atom. The molecule has 96 valence electrons. The first kappa shape index (κ1) is 11.5. The highest BCUT2D eigenvalue weighted by molar-refractivity contribution is 5.97. The van der Waals surface area contributed by atoms with Crippen LogP contribution in [0.3, 0.4) is 0 Å². The van der Waals surface area contributed by atoms with Gasteiger partial charge in [0.25, 0.3) is 0 Å². The molecule has 0 bridgehead atoms. The number of hydrogen-bond acceptors (Lipinski definition) is 4. The molecule has 0 atom stereocenters. The molecule has 2 heterocycles. The Hall–Kier alpha value is -2.63. The zero-order valence-electron chi connectivity index (χ0n) is 10.4. The fourth-order valence-electron chi connectivity index (χ4n) is 2.24. The van der Waals surface area contributed by atoms with Gasteiger partial charge in [-0.1, -0.05) is 17.3 Å². The number of aryl methyl sites for hydroxylation is 2. The van der Waals surface area contributed by atoms with Gasteiger partial charge in [0.15, 0.2) is 0 Å². The highest BCUT2D eigenvalue weighted by Crippen LogP contribution is 2.30. The molecule has 0 saturated heterocycles. The SMILES string of the molecule is Cc1nn(C)c2cccc(-c3cc(C(=O)O)on3)c12. The van der Waals surface area contributed by atoms with Crippen LogP contribution in [0, 0.1) is 6.92 Å². The van der Waals surface area contributed by atoms with Gasteiger partial charge in [0.1, 0.15) is 5.69 Å². The molecule has 0 aliphatic heterocycles. The molecule has 3 rings (SSSR count). The molecular formula is C13H11N3O3. The smallest absolute Gasteiger partial charge is 0.374 e. The Kier molecular flexibility index (Phi) is 2.38. The third kappa shape index (κ3) is 1.69. The van der Waals surface area contributed by atoms with Crippen LogP contribution in [-0.2, 0) is 7.05 Å². The average molecular weight is 257 g/mol. The first-order valence-corrected chi connectivity index (χ1v) is 5.70. The number of carbonyl (C=O) groups is 1. The third-order valence-corrected chi connectivity index (χ3v) is 3.05. The molecule has 0 radical (unpaired) electrons. The minimum Gasteiger partial charge on any atom is -0.475 e. The molecule has 1 aromatic carbocycles. The van der Waals surface area contributed by atoms with Crippen molar-refractivity contribution in [1.82, 2.24) is 14.9 Å². The summed E-state index contributed by atoms with van der Waals surface area (Å²) in [6.45, 7) is 1.91. The van der Waals surface area contributed by atoms with Gasteiger partial charge in [-0.15, -0.1) is 0 Å². The summed E-state index contributed by atoms with van der Waals surface area (Å²) < 4.78 is 6.58. The van der Waals surface area contributed by atoms with Crippen LogP contribution in [0.15, 0.2) is 28.8 Å². The largest absolute Gasteiger partial charge is 0.475 e. The first-order chi connectivity index (χ1) is 9.08. The van der Waals surface area contributed by atoms with Crippen LogP contribution in [0.4, 0.5) is 0 Å². The summed E-state index contributed by atoms with van der Waals surface area (Å²) in [6.07, 6.45) is 0. The summed E-state index contributed by atoms with van der Waals surface area (Å²) in [6, 6.07) is 7.13. The highest BCUT2D eigenvalue weighted by atomic mass is 16.5. The van der Waals surface area contributed by atoms with Crippen LogP contribution in [-0.4, -0.2) is 26.0 Å². The summed E-state index contributed by atoms with van der Waals surface area (Å²) in [5, 5.41) is 18.0. The average Bonchev–Trinajstić information content (AvgIpc) is 2.96. The lowest BCUT2D eigenvalue weighted by Gasteiger charge is -1.99. The lowest BCUT2D eigenvalue weighted by atomic mass is 10.1. The topological polar surface area (TPSA) is 81.2 Å². The van der Waals surface area contributed by atoms with Crippen LogP contribution < -0.4 is 0 Å². The second-order valence-corrected chi connectivity index (χ2v) is 4.29. The maximum Gasteiger partial charge on any atom is 0.374 e. The molecule has 0 unspecified atom stereocenters. The number of carboxylic acids is 1. The van der Waals surface area contributed by atoms with Gasteiger partial charge in [0, 0.05) is 24.1 Å². The summed E-state index contributed by atoms with van der Waals surface area (Å²) in [5.41, 5.74) is 3.15. The van der Waals surface area contributed by atoms with E-state index in [9.17, 15) is 4.79 Å². The predicted octanol–water partition coefficient (Wildman–Crippen LogP) is 2.23. The van der Waals surface area contributed by atoms with Gasteiger partial charge < -0.3 is 9.63 Å². The molecular weight excluding hydrogens is 246 g/mol. The fraction of sp³-hybridized carbons (Fsp3) is 0.154. The van der Waals surface area contributed by atoms with Gasteiger partial charge in [-0.3, -0.25) is 4.68 Å². The Morgan fingerprint density at radius 1 is 1.42 bits per heavy atom. The highest BCUT2D eigenvalue weighted by Gasteiger charge is 2.16. The minimum absolute atomic E-state index is 0.173. The van der Waals surface area contributed by atoms with Gasteiger partial charge in [0.2, 0.25) is 5.76 Å². The molecule has 0 spiro atoms. The molecule has 6 heteroatoms. The van der Waals surface area contributed by atoms with Crippen LogP contribution in [0.25, 0.3) is 22.2 Å². The molecule has 0 aliphatic carbocycles. The Morgan fingerprint density at radius 3 is 2.89 bits per heavy atom. The normalized spacial score (nSPS) is 11.1. The monoisotopic (exact) mass is 257 g/mol. The Bertz CT molecular complexity index is 786. The molecule has 0 amide bonds. The van der Waals surface area contributed by atoms with Crippen molar-refractivity contribution < 1.29 is 14.4 Å².